The van der Waals surface area contributed by atoms with Crippen LogP contribution in [0.5, 0.6) is 0 Å². The zero-order valence-corrected chi connectivity index (χ0v) is 16.8. The second-order valence-electron chi connectivity index (χ2n) is 6.11. The molecule has 0 spiro atoms. The molecular weight excluding hydrogens is 380 g/mol. The number of benzene rings is 2. The molecule has 3 rings (SSSR count). The van der Waals surface area contributed by atoms with Crippen molar-refractivity contribution in [2.24, 2.45) is 10.1 Å². The van der Waals surface area contributed by atoms with E-state index in [2.05, 4.69) is 27.8 Å². The van der Waals surface area contributed by atoms with Gasteiger partial charge in [0.05, 0.1) is 22.8 Å². The summed E-state index contributed by atoms with van der Waals surface area (Å²) < 4.78 is 0. The second kappa shape index (κ2) is 9.06. The van der Waals surface area contributed by atoms with Gasteiger partial charge in [-0.05, 0) is 43.2 Å². The number of nitrogens with one attached hydrogen (secondary N) is 2. The molecule has 0 fully saturated rings. The lowest BCUT2D eigenvalue weighted by Gasteiger charge is -2.08. The molecule has 1 heterocycles. The first-order valence-corrected chi connectivity index (χ1v) is 10.00. The summed E-state index contributed by atoms with van der Waals surface area (Å²) in [6.07, 6.45) is 1.12. The van der Waals surface area contributed by atoms with E-state index in [-0.39, 0.29) is 5.91 Å². The van der Waals surface area contributed by atoms with Gasteiger partial charge in [-0.25, -0.2) is 5.43 Å². The number of hydrogen-bond donors (Lipinski definition) is 2. The summed E-state index contributed by atoms with van der Waals surface area (Å²) in [6, 6.07) is 14.8. The van der Waals surface area contributed by atoms with Crippen LogP contribution < -0.4 is 10.7 Å². The van der Waals surface area contributed by atoms with Gasteiger partial charge in [0, 0.05) is 10.9 Å². The third kappa shape index (κ3) is 5.11. The first-order chi connectivity index (χ1) is 13.1. The highest BCUT2D eigenvalue weighted by Gasteiger charge is 2.17. The van der Waals surface area contributed by atoms with Gasteiger partial charge in [-0.3, -0.25) is 9.79 Å². The van der Waals surface area contributed by atoms with Gasteiger partial charge in [-0.2, -0.15) is 5.10 Å². The minimum Gasteiger partial charge on any atom is -0.335 e. The Morgan fingerprint density at radius 1 is 1.26 bits per heavy atom. The van der Waals surface area contributed by atoms with Gasteiger partial charge in [-0.15, -0.1) is 0 Å². The molecule has 5 nitrogen and oxygen atoms in total. The lowest BCUT2D eigenvalue weighted by molar-refractivity contribution is 0.0955. The second-order valence-corrected chi connectivity index (χ2v) is 7.81. The number of rotatable bonds is 5. The molecule has 0 saturated carbocycles. The highest BCUT2D eigenvalue weighted by Crippen LogP contribution is 2.24. The molecule has 2 aromatic carbocycles. The summed E-state index contributed by atoms with van der Waals surface area (Å²) in [7, 11) is 0. The van der Waals surface area contributed by atoms with E-state index < -0.39 is 0 Å². The minimum absolute atomic E-state index is 0.333. The lowest BCUT2D eigenvalue weighted by atomic mass is 10.1. The monoisotopic (exact) mass is 400 g/mol. The van der Waals surface area contributed by atoms with Crippen molar-refractivity contribution in [1.29, 1.82) is 0 Å². The summed E-state index contributed by atoms with van der Waals surface area (Å²) in [6.45, 7) is 4.90. The minimum atomic E-state index is -0.333. The highest BCUT2D eigenvalue weighted by molar-refractivity contribution is 8.15. The number of hydrogen-bond acceptors (Lipinski definition) is 5. The summed E-state index contributed by atoms with van der Waals surface area (Å²) in [5, 5.41) is 9.45. The van der Waals surface area contributed by atoms with Gasteiger partial charge >= 0.3 is 0 Å². The Balaban J connectivity index is 1.60. The van der Waals surface area contributed by atoms with E-state index in [0.29, 0.717) is 21.5 Å². The number of halogens is 1. The fourth-order valence-electron chi connectivity index (χ4n) is 2.52. The topological polar surface area (TPSA) is 65.8 Å². The van der Waals surface area contributed by atoms with E-state index in [1.54, 1.807) is 36.0 Å². The van der Waals surface area contributed by atoms with Crippen molar-refractivity contribution in [3.05, 3.63) is 64.7 Å². The number of amides is 1. The van der Waals surface area contributed by atoms with E-state index in [4.69, 9.17) is 11.6 Å². The predicted molar refractivity (Wildman–Crippen MR) is 115 cm³/mol. The van der Waals surface area contributed by atoms with E-state index in [1.807, 2.05) is 31.2 Å². The summed E-state index contributed by atoms with van der Waals surface area (Å²) in [5.74, 6) is -0.333. The summed E-state index contributed by atoms with van der Waals surface area (Å²) >= 11 is 7.81. The van der Waals surface area contributed by atoms with Gasteiger partial charge in [0.25, 0.3) is 5.91 Å². The van der Waals surface area contributed by atoms with Crippen LogP contribution in [0.4, 0.5) is 5.69 Å². The Labute approximate surface area is 168 Å². The Morgan fingerprint density at radius 3 is 2.67 bits per heavy atom. The molecule has 0 aromatic heterocycles. The zero-order valence-electron chi connectivity index (χ0n) is 15.2. The van der Waals surface area contributed by atoms with Gasteiger partial charge in [-0.1, -0.05) is 54.6 Å². The van der Waals surface area contributed by atoms with E-state index in [1.165, 1.54) is 0 Å². The number of carbonyl (C=O) groups is 1. The van der Waals surface area contributed by atoms with Crippen LogP contribution in [-0.4, -0.2) is 28.6 Å². The Morgan fingerprint density at radius 2 is 2.00 bits per heavy atom. The first kappa shape index (κ1) is 19.5. The standard InChI is InChI=1S/C20H21ClN4OS/c1-3-16-12-22-20(27-16)23-15-10-8-14(9-11-15)13(2)24-25-19(26)17-6-4-5-7-18(17)21/h4-11,16H,3,12H2,1-2H3,(H,22,23)(H,25,26)/b24-13-/t16-/m0/s1. The van der Waals surface area contributed by atoms with Gasteiger partial charge in [0.2, 0.25) is 0 Å². The lowest BCUT2D eigenvalue weighted by Crippen LogP contribution is -2.19. The molecule has 0 aliphatic carbocycles. The van der Waals surface area contributed by atoms with Crippen LogP contribution in [-0.2, 0) is 0 Å². The molecule has 2 N–H and O–H groups in total. The van der Waals surface area contributed by atoms with Crippen LogP contribution in [0.3, 0.4) is 0 Å². The Hall–Kier alpha value is -2.31. The normalized spacial score (nSPS) is 16.8. The van der Waals surface area contributed by atoms with Crippen molar-refractivity contribution in [1.82, 2.24) is 5.43 Å². The van der Waals surface area contributed by atoms with Gasteiger partial charge < -0.3 is 5.32 Å². The number of thioether (sulfide) groups is 1. The number of anilines is 1. The fourth-order valence-corrected chi connectivity index (χ4v) is 3.70. The fraction of sp³-hybridized carbons (Fsp3) is 0.250. The largest absolute Gasteiger partial charge is 0.335 e. The Bertz CT molecular complexity index is 880. The van der Waals surface area contributed by atoms with Gasteiger partial charge in [0.15, 0.2) is 5.17 Å². The third-order valence-electron chi connectivity index (χ3n) is 4.17. The van der Waals surface area contributed by atoms with E-state index >= 15 is 0 Å². The molecule has 1 aliphatic heterocycles. The van der Waals surface area contributed by atoms with Gasteiger partial charge in [0.1, 0.15) is 0 Å². The average Bonchev–Trinajstić information content (AvgIpc) is 3.14. The molecule has 1 atom stereocenters. The molecule has 7 heteroatoms. The van der Waals surface area contributed by atoms with Crippen molar-refractivity contribution < 1.29 is 4.79 Å². The molecule has 1 amide bonds. The smallest absolute Gasteiger partial charge is 0.272 e. The van der Waals surface area contributed by atoms with Crippen molar-refractivity contribution in [3.8, 4) is 0 Å². The quantitative estimate of drug-likeness (QED) is 0.560. The van der Waals surface area contributed by atoms with Crippen molar-refractivity contribution >= 4 is 45.8 Å². The molecule has 0 unspecified atom stereocenters. The maximum atomic E-state index is 12.2. The van der Waals surface area contributed by atoms with E-state index in [0.717, 1.165) is 29.4 Å². The maximum Gasteiger partial charge on any atom is 0.272 e. The van der Waals surface area contributed by atoms with Crippen LogP contribution in [0.15, 0.2) is 58.6 Å². The molecular formula is C20H21ClN4OS. The summed E-state index contributed by atoms with van der Waals surface area (Å²) in [5.41, 5.74) is 5.56. The van der Waals surface area contributed by atoms with Crippen molar-refractivity contribution in [3.63, 3.8) is 0 Å². The van der Waals surface area contributed by atoms with Crippen molar-refractivity contribution in [2.45, 2.75) is 25.5 Å². The molecule has 27 heavy (non-hydrogen) atoms. The number of aliphatic imine (C=N–C) groups is 1. The average molecular weight is 401 g/mol. The summed E-state index contributed by atoms with van der Waals surface area (Å²) in [4.78, 5) is 16.7. The maximum absolute atomic E-state index is 12.2. The SMILES string of the molecule is CC[C@H]1CN=C(Nc2ccc(/C(C)=N\NC(=O)c3ccccc3Cl)cc2)S1. The third-order valence-corrected chi connectivity index (χ3v) is 5.77. The number of amidine groups is 1. The number of carbonyl (C=O) groups excluding carboxylic acids is 1. The van der Waals surface area contributed by atoms with Crippen LogP contribution in [0.2, 0.25) is 5.02 Å². The first-order valence-electron chi connectivity index (χ1n) is 8.74. The number of hydrazone groups is 1. The molecule has 0 radical (unpaired) electrons. The zero-order chi connectivity index (χ0) is 19.2. The van der Waals surface area contributed by atoms with Crippen molar-refractivity contribution in [2.75, 3.05) is 11.9 Å². The molecule has 2 aromatic rings. The van der Waals surface area contributed by atoms with Crippen LogP contribution in [0.25, 0.3) is 0 Å². The molecule has 0 bridgehead atoms. The van der Waals surface area contributed by atoms with Crippen LogP contribution >= 0.6 is 23.4 Å². The molecule has 140 valence electrons. The highest BCUT2D eigenvalue weighted by atomic mass is 35.5. The van der Waals surface area contributed by atoms with Crippen LogP contribution in [0.1, 0.15) is 36.2 Å². The van der Waals surface area contributed by atoms with E-state index in [9.17, 15) is 4.79 Å². The molecule has 0 saturated heterocycles. The number of nitrogens with zero attached hydrogens (tertiary/aromatic N) is 2. The van der Waals surface area contributed by atoms with Crippen LogP contribution in [0, 0.1) is 0 Å². The Kier molecular flexibility index (Phi) is 6.53. The molecule has 1 aliphatic rings. The predicted octanol–water partition coefficient (Wildman–Crippen LogP) is 4.79.